The van der Waals surface area contributed by atoms with Crippen molar-refractivity contribution < 1.29 is 37.6 Å². The van der Waals surface area contributed by atoms with Gasteiger partial charge < -0.3 is 19.3 Å². The van der Waals surface area contributed by atoms with E-state index in [0.29, 0.717) is 13.0 Å². The first-order chi connectivity index (χ1) is 30.7. The number of unbranched alkanes of at least 4 members (excludes halogenated alkanes) is 26. The van der Waals surface area contributed by atoms with E-state index in [4.69, 9.17) is 18.5 Å². The third kappa shape index (κ3) is 49.2. The van der Waals surface area contributed by atoms with Gasteiger partial charge in [0.2, 0.25) is 0 Å². The van der Waals surface area contributed by atoms with E-state index in [0.717, 1.165) is 57.8 Å². The van der Waals surface area contributed by atoms with E-state index in [2.05, 4.69) is 62.5 Å². The van der Waals surface area contributed by atoms with Crippen molar-refractivity contribution >= 4 is 19.8 Å². The number of esters is 2. The number of likely N-dealkylation sites (N-methyl/N-ethyl adjacent to an activating group) is 1. The summed E-state index contributed by atoms with van der Waals surface area (Å²) in [7, 11) is -0.728. The van der Waals surface area contributed by atoms with Gasteiger partial charge in [0.1, 0.15) is 6.61 Å². The third-order valence-electron chi connectivity index (χ3n) is 11.1. The van der Waals surface area contributed by atoms with Gasteiger partial charge in [0.05, 0.1) is 13.2 Å². The molecule has 0 fully saturated rings. The molecule has 368 valence electrons. The average Bonchev–Trinajstić information content (AvgIpc) is 3.25. The average molecular weight is 908 g/mol. The number of allylic oxidation sites excluding steroid dienone is 8. The van der Waals surface area contributed by atoms with Crippen LogP contribution in [0.1, 0.15) is 232 Å². The Hall–Kier alpha value is -2.03. The molecule has 0 saturated carbocycles. The minimum atomic E-state index is -4.38. The standard InChI is InChI=1S/C53H98NO8P/c1-5-7-9-11-13-15-17-19-21-23-25-26-28-29-31-33-35-37-39-41-43-45-52(55)59-49-51(50-61-63(57,58)60-48-47-54(3)4)62-53(56)46-44-42-40-38-36-34-32-30-27-24-22-20-18-16-14-12-10-8-6-2/h14,16,20,22,27,30,34,36,51H,5-13,15,17-19,21,23-26,28-29,31-33,35,37-50H2,1-4H3,(H,57,58)/b16-14-,22-20-,30-27-,36-34-. The summed E-state index contributed by atoms with van der Waals surface area (Å²) in [5, 5.41) is 0. The van der Waals surface area contributed by atoms with Crippen LogP contribution < -0.4 is 0 Å². The number of ether oxygens (including phenoxy) is 2. The molecule has 10 heteroatoms. The Balaban J connectivity index is 4.21. The Bertz CT molecular complexity index is 1190. The van der Waals surface area contributed by atoms with Crippen molar-refractivity contribution in [2.75, 3.05) is 40.5 Å². The summed E-state index contributed by atoms with van der Waals surface area (Å²) in [5.41, 5.74) is 0. The normalized spacial score (nSPS) is 13.6. The number of carbonyl (C=O) groups is 2. The van der Waals surface area contributed by atoms with Crippen molar-refractivity contribution in [3.05, 3.63) is 48.6 Å². The van der Waals surface area contributed by atoms with E-state index in [1.807, 2.05) is 19.0 Å². The molecule has 0 aromatic rings. The highest BCUT2D eigenvalue weighted by molar-refractivity contribution is 7.47. The molecule has 9 nitrogen and oxygen atoms in total. The van der Waals surface area contributed by atoms with E-state index in [1.165, 1.54) is 141 Å². The first-order valence-corrected chi connectivity index (χ1v) is 27.4. The second-order valence-electron chi connectivity index (χ2n) is 17.7. The maximum absolute atomic E-state index is 12.7. The van der Waals surface area contributed by atoms with E-state index in [-0.39, 0.29) is 32.0 Å². The first kappa shape index (κ1) is 61.0. The second-order valence-corrected chi connectivity index (χ2v) is 19.2. The Morgan fingerprint density at radius 1 is 0.492 bits per heavy atom. The molecular formula is C53H98NO8P. The molecule has 2 unspecified atom stereocenters. The van der Waals surface area contributed by atoms with Gasteiger partial charge in [-0.1, -0.05) is 210 Å². The highest BCUT2D eigenvalue weighted by Crippen LogP contribution is 2.43. The number of phosphoric acid groups is 1. The van der Waals surface area contributed by atoms with Gasteiger partial charge in [0, 0.05) is 19.4 Å². The summed E-state index contributed by atoms with van der Waals surface area (Å²) in [4.78, 5) is 37.2. The molecular weight excluding hydrogens is 810 g/mol. The Kier molecular flexibility index (Phi) is 46.4. The number of phosphoric ester groups is 1. The molecule has 0 radical (unpaired) electrons. The van der Waals surface area contributed by atoms with Crippen LogP contribution in [0.5, 0.6) is 0 Å². The first-order valence-electron chi connectivity index (χ1n) is 25.9. The van der Waals surface area contributed by atoms with Crippen LogP contribution in [0.4, 0.5) is 0 Å². The van der Waals surface area contributed by atoms with Crippen LogP contribution in [0.2, 0.25) is 0 Å². The maximum atomic E-state index is 12.7. The summed E-state index contributed by atoms with van der Waals surface area (Å²) in [6.45, 7) is 4.29. The van der Waals surface area contributed by atoms with Crippen LogP contribution in [0, 0.1) is 0 Å². The summed E-state index contributed by atoms with van der Waals surface area (Å²) in [6.07, 6.45) is 55.9. The largest absolute Gasteiger partial charge is 0.472 e. The monoisotopic (exact) mass is 908 g/mol. The summed E-state index contributed by atoms with van der Waals surface area (Å²) >= 11 is 0. The molecule has 0 amide bonds. The van der Waals surface area contributed by atoms with Gasteiger partial charge in [-0.15, -0.1) is 0 Å². The fraction of sp³-hybridized carbons (Fsp3) is 0.811. The van der Waals surface area contributed by atoms with Gasteiger partial charge in [0.25, 0.3) is 0 Å². The maximum Gasteiger partial charge on any atom is 0.472 e. The smallest absolute Gasteiger partial charge is 0.462 e. The van der Waals surface area contributed by atoms with Gasteiger partial charge in [-0.3, -0.25) is 18.6 Å². The Morgan fingerprint density at radius 2 is 0.857 bits per heavy atom. The molecule has 0 heterocycles. The molecule has 0 spiro atoms. The predicted octanol–water partition coefficient (Wildman–Crippen LogP) is 15.7. The van der Waals surface area contributed by atoms with Crippen molar-refractivity contribution in [2.24, 2.45) is 0 Å². The highest BCUT2D eigenvalue weighted by Gasteiger charge is 2.26. The van der Waals surface area contributed by atoms with E-state index >= 15 is 0 Å². The number of rotatable bonds is 48. The van der Waals surface area contributed by atoms with Gasteiger partial charge in [-0.25, -0.2) is 4.57 Å². The zero-order valence-corrected chi connectivity index (χ0v) is 42.2. The second kappa shape index (κ2) is 47.9. The number of nitrogens with zero attached hydrogens (tertiary/aromatic N) is 1. The van der Waals surface area contributed by atoms with Crippen LogP contribution in [-0.2, 0) is 32.7 Å². The predicted molar refractivity (Wildman–Crippen MR) is 266 cm³/mol. The van der Waals surface area contributed by atoms with Crippen molar-refractivity contribution in [3.63, 3.8) is 0 Å². The van der Waals surface area contributed by atoms with Gasteiger partial charge >= 0.3 is 19.8 Å². The highest BCUT2D eigenvalue weighted by atomic mass is 31.2. The molecule has 0 aliphatic rings. The lowest BCUT2D eigenvalue weighted by Gasteiger charge is -2.20. The number of hydrogen-bond acceptors (Lipinski definition) is 8. The van der Waals surface area contributed by atoms with E-state index in [1.54, 1.807) is 0 Å². The van der Waals surface area contributed by atoms with Gasteiger partial charge in [-0.2, -0.15) is 0 Å². The number of carbonyl (C=O) groups excluding carboxylic acids is 2. The molecule has 0 aliphatic carbocycles. The Labute approximate surface area is 388 Å². The van der Waals surface area contributed by atoms with Crippen LogP contribution in [0.25, 0.3) is 0 Å². The molecule has 0 aliphatic heterocycles. The molecule has 0 rings (SSSR count). The van der Waals surface area contributed by atoms with Crippen molar-refractivity contribution in [3.8, 4) is 0 Å². The summed E-state index contributed by atoms with van der Waals surface area (Å²) in [6, 6.07) is 0. The van der Waals surface area contributed by atoms with Gasteiger partial charge in [0.15, 0.2) is 6.10 Å². The lowest BCUT2D eigenvalue weighted by atomic mass is 10.0. The quantitative estimate of drug-likeness (QED) is 0.0276. The molecule has 63 heavy (non-hydrogen) atoms. The third-order valence-corrected chi connectivity index (χ3v) is 12.1. The Morgan fingerprint density at radius 3 is 1.30 bits per heavy atom. The van der Waals surface area contributed by atoms with E-state index < -0.39 is 26.5 Å². The molecule has 0 saturated heterocycles. The van der Waals surface area contributed by atoms with Crippen LogP contribution >= 0.6 is 7.82 Å². The lowest BCUT2D eigenvalue weighted by Crippen LogP contribution is -2.29. The lowest BCUT2D eigenvalue weighted by molar-refractivity contribution is -0.161. The SMILES string of the molecule is CCCCC/C=C\C/C=C\C/C=C\C/C=C\CCCCCC(=O)OC(COC(=O)CCCCCCCCCCCCCCCCCCCCCCC)COP(=O)(O)OCCN(C)C. The van der Waals surface area contributed by atoms with Crippen LogP contribution in [-0.4, -0.2) is 68.3 Å². The fourth-order valence-electron chi connectivity index (χ4n) is 7.14. The van der Waals surface area contributed by atoms with Gasteiger partial charge in [-0.05, 0) is 71.9 Å². The molecule has 0 aromatic heterocycles. The van der Waals surface area contributed by atoms with Crippen LogP contribution in [0.15, 0.2) is 48.6 Å². The fourth-order valence-corrected chi connectivity index (χ4v) is 7.88. The van der Waals surface area contributed by atoms with Crippen molar-refractivity contribution in [2.45, 2.75) is 238 Å². The van der Waals surface area contributed by atoms with Crippen molar-refractivity contribution in [1.82, 2.24) is 4.90 Å². The summed E-state index contributed by atoms with van der Waals surface area (Å²) < 4.78 is 33.6. The zero-order chi connectivity index (χ0) is 46.2. The van der Waals surface area contributed by atoms with Crippen molar-refractivity contribution in [1.29, 1.82) is 0 Å². The molecule has 1 N–H and O–H groups in total. The minimum absolute atomic E-state index is 0.000779. The molecule has 0 bridgehead atoms. The zero-order valence-electron chi connectivity index (χ0n) is 41.3. The summed E-state index contributed by atoms with van der Waals surface area (Å²) in [5.74, 6) is -0.830. The molecule has 0 aromatic carbocycles. The van der Waals surface area contributed by atoms with E-state index in [9.17, 15) is 19.0 Å². The minimum Gasteiger partial charge on any atom is -0.462 e. The molecule has 2 atom stereocenters. The number of hydrogen-bond donors (Lipinski definition) is 1. The van der Waals surface area contributed by atoms with Crippen LogP contribution in [0.3, 0.4) is 0 Å². The topological polar surface area (TPSA) is 112 Å².